The van der Waals surface area contributed by atoms with Gasteiger partial charge >= 0.3 is 0 Å². The molecule has 16 heavy (non-hydrogen) atoms. The van der Waals surface area contributed by atoms with E-state index in [1.165, 1.54) is 31.2 Å². The Labute approximate surface area is 108 Å². The number of rotatable bonds is 7. The van der Waals surface area contributed by atoms with Crippen LogP contribution in [0.5, 0.6) is 0 Å². The first-order valence-corrected chi connectivity index (χ1v) is 6.94. The van der Waals surface area contributed by atoms with Crippen molar-refractivity contribution < 1.29 is 0 Å². The van der Waals surface area contributed by atoms with E-state index >= 15 is 0 Å². The summed E-state index contributed by atoms with van der Waals surface area (Å²) < 4.78 is 1.16. The average molecular weight is 284 g/mol. The van der Waals surface area contributed by atoms with E-state index in [1.54, 1.807) is 0 Å². The molecule has 90 valence electrons. The number of halogens is 1. The molecule has 0 aliphatic heterocycles. The van der Waals surface area contributed by atoms with E-state index in [2.05, 4.69) is 52.4 Å². The molecule has 0 bridgehead atoms. The van der Waals surface area contributed by atoms with Crippen LogP contribution in [0.15, 0.2) is 28.7 Å². The van der Waals surface area contributed by atoms with Gasteiger partial charge in [-0.15, -0.1) is 0 Å². The first-order chi connectivity index (χ1) is 7.76. The lowest BCUT2D eigenvalue weighted by molar-refractivity contribution is 0.444. The van der Waals surface area contributed by atoms with E-state index in [1.807, 2.05) is 7.05 Å². The molecule has 0 saturated carbocycles. The van der Waals surface area contributed by atoms with Gasteiger partial charge in [-0.2, -0.15) is 0 Å². The lowest BCUT2D eigenvalue weighted by atomic mass is 9.94. The summed E-state index contributed by atoms with van der Waals surface area (Å²) >= 11 is 3.47. The van der Waals surface area contributed by atoms with Gasteiger partial charge in [0.15, 0.2) is 0 Å². The second-order valence-corrected chi connectivity index (χ2v) is 5.31. The maximum absolute atomic E-state index is 3.47. The highest BCUT2D eigenvalue weighted by Crippen LogP contribution is 2.17. The van der Waals surface area contributed by atoms with Gasteiger partial charge in [-0.05, 0) is 50.0 Å². The fourth-order valence-electron chi connectivity index (χ4n) is 2.01. The minimum atomic E-state index is 0.770. The predicted molar refractivity (Wildman–Crippen MR) is 74.8 cm³/mol. The van der Waals surface area contributed by atoms with E-state index in [0.717, 1.165) is 16.9 Å². The summed E-state index contributed by atoms with van der Waals surface area (Å²) in [6.45, 7) is 3.38. The molecule has 1 rings (SSSR count). The molecular formula is C14H22BrN. The lowest BCUT2D eigenvalue weighted by Crippen LogP contribution is -2.20. The molecule has 0 heterocycles. The molecule has 0 amide bonds. The Kier molecular flexibility index (Phi) is 6.74. The van der Waals surface area contributed by atoms with Crippen molar-refractivity contribution in [2.75, 3.05) is 13.6 Å². The van der Waals surface area contributed by atoms with Gasteiger partial charge in [0.1, 0.15) is 0 Å². The third kappa shape index (κ3) is 5.13. The van der Waals surface area contributed by atoms with Crippen molar-refractivity contribution in [3.8, 4) is 0 Å². The predicted octanol–water partition coefficient (Wildman–Crippen LogP) is 4.02. The smallest absolute Gasteiger partial charge is 0.0175 e. The Hall–Kier alpha value is -0.340. The summed E-state index contributed by atoms with van der Waals surface area (Å²) in [6.07, 6.45) is 5.14. The fraction of sp³-hybridized carbons (Fsp3) is 0.571. The van der Waals surface area contributed by atoms with Crippen molar-refractivity contribution in [2.45, 2.75) is 32.6 Å². The summed E-state index contributed by atoms with van der Waals surface area (Å²) in [5.41, 5.74) is 1.44. The third-order valence-corrected chi connectivity index (χ3v) is 3.43. The zero-order valence-electron chi connectivity index (χ0n) is 10.3. The van der Waals surface area contributed by atoms with Crippen molar-refractivity contribution in [1.82, 2.24) is 5.32 Å². The maximum Gasteiger partial charge on any atom is 0.0175 e. The summed E-state index contributed by atoms with van der Waals surface area (Å²) in [4.78, 5) is 0. The average Bonchev–Trinajstić information content (AvgIpc) is 2.29. The normalized spacial score (nSPS) is 12.7. The highest BCUT2D eigenvalue weighted by molar-refractivity contribution is 9.10. The Morgan fingerprint density at radius 2 is 1.94 bits per heavy atom. The summed E-state index contributed by atoms with van der Waals surface area (Å²) in [6, 6.07) is 8.70. The molecule has 0 aliphatic rings. The third-order valence-electron chi connectivity index (χ3n) is 2.90. The molecule has 0 spiro atoms. The van der Waals surface area contributed by atoms with Crippen LogP contribution in [0.3, 0.4) is 0 Å². The van der Waals surface area contributed by atoms with Gasteiger partial charge in [-0.1, -0.05) is 47.8 Å². The van der Waals surface area contributed by atoms with Crippen LogP contribution >= 0.6 is 15.9 Å². The largest absolute Gasteiger partial charge is 0.319 e. The molecule has 1 N–H and O–H groups in total. The number of nitrogens with one attached hydrogen (secondary N) is 1. The van der Waals surface area contributed by atoms with Crippen molar-refractivity contribution >= 4 is 15.9 Å². The number of hydrogen-bond acceptors (Lipinski definition) is 1. The Morgan fingerprint density at radius 3 is 2.50 bits per heavy atom. The van der Waals surface area contributed by atoms with Gasteiger partial charge in [0, 0.05) is 4.47 Å². The highest BCUT2D eigenvalue weighted by atomic mass is 79.9. The first kappa shape index (κ1) is 13.7. The number of unbranched alkanes of at least 4 members (excludes halogenated alkanes) is 1. The zero-order valence-corrected chi connectivity index (χ0v) is 11.9. The van der Waals surface area contributed by atoms with Gasteiger partial charge in [-0.25, -0.2) is 0 Å². The van der Waals surface area contributed by atoms with Crippen LogP contribution in [0.2, 0.25) is 0 Å². The zero-order chi connectivity index (χ0) is 11.8. The Balaban J connectivity index is 2.49. The number of benzene rings is 1. The van der Waals surface area contributed by atoms with E-state index in [0.29, 0.717) is 0 Å². The van der Waals surface area contributed by atoms with Crippen LogP contribution < -0.4 is 5.32 Å². The van der Waals surface area contributed by atoms with E-state index in [-0.39, 0.29) is 0 Å². The number of hydrogen-bond donors (Lipinski definition) is 1. The van der Waals surface area contributed by atoms with Crippen molar-refractivity contribution in [3.05, 3.63) is 34.3 Å². The lowest BCUT2D eigenvalue weighted by Gasteiger charge is -2.16. The van der Waals surface area contributed by atoms with Crippen LogP contribution in [0.25, 0.3) is 0 Å². The molecule has 1 unspecified atom stereocenters. The molecule has 1 atom stereocenters. The van der Waals surface area contributed by atoms with E-state index in [9.17, 15) is 0 Å². The van der Waals surface area contributed by atoms with Crippen molar-refractivity contribution in [3.63, 3.8) is 0 Å². The van der Waals surface area contributed by atoms with Crippen LogP contribution in [-0.4, -0.2) is 13.6 Å². The molecule has 1 nitrogen and oxygen atoms in total. The molecule has 2 heteroatoms. The molecule has 0 aliphatic carbocycles. The summed E-state index contributed by atoms with van der Waals surface area (Å²) in [5, 5.41) is 3.30. The van der Waals surface area contributed by atoms with Gasteiger partial charge in [0.05, 0.1) is 0 Å². The van der Waals surface area contributed by atoms with Gasteiger partial charge < -0.3 is 5.32 Å². The summed E-state index contributed by atoms with van der Waals surface area (Å²) in [7, 11) is 2.04. The Bertz CT molecular complexity index is 281. The van der Waals surface area contributed by atoms with E-state index < -0.39 is 0 Å². The Morgan fingerprint density at radius 1 is 1.25 bits per heavy atom. The minimum absolute atomic E-state index is 0.770. The molecule has 1 aromatic rings. The molecular weight excluding hydrogens is 262 g/mol. The van der Waals surface area contributed by atoms with Crippen molar-refractivity contribution in [1.29, 1.82) is 0 Å². The summed E-state index contributed by atoms with van der Waals surface area (Å²) in [5.74, 6) is 0.770. The standard InChI is InChI=1S/C14H22BrN/c1-3-4-5-13(11-16-2)10-12-6-8-14(15)9-7-12/h6-9,13,16H,3-5,10-11H2,1-2H3. The van der Waals surface area contributed by atoms with Crippen molar-refractivity contribution in [2.24, 2.45) is 5.92 Å². The van der Waals surface area contributed by atoms with Crippen LogP contribution in [0, 0.1) is 5.92 Å². The monoisotopic (exact) mass is 283 g/mol. The van der Waals surface area contributed by atoms with E-state index in [4.69, 9.17) is 0 Å². The molecule has 0 fully saturated rings. The first-order valence-electron chi connectivity index (χ1n) is 6.15. The highest BCUT2D eigenvalue weighted by Gasteiger charge is 2.08. The molecule has 0 aromatic heterocycles. The maximum atomic E-state index is 3.47. The minimum Gasteiger partial charge on any atom is -0.319 e. The van der Waals surface area contributed by atoms with Crippen LogP contribution in [0.4, 0.5) is 0 Å². The molecule has 0 saturated heterocycles. The van der Waals surface area contributed by atoms with Gasteiger partial charge in [0.2, 0.25) is 0 Å². The second kappa shape index (κ2) is 7.86. The second-order valence-electron chi connectivity index (χ2n) is 4.40. The van der Waals surface area contributed by atoms with Gasteiger partial charge in [-0.3, -0.25) is 0 Å². The quantitative estimate of drug-likeness (QED) is 0.797. The topological polar surface area (TPSA) is 12.0 Å². The van der Waals surface area contributed by atoms with Gasteiger partial charge in [0.25, 0.3) is 0 Å². The molecule has 0 radical (unpaired) electrons. The van der Waals surface area contributed by atoms with Crippen LogP contribution in [-0.2, 0) is 6.42 Å². The molecule has 1 aromatic carbocycles. The fourth-order valence-corrected chi connectivity index (χ4v) is 2.28. The van der Waals surface area contributed by atoms with Crippen LogP contribution in [0.1, 0.15) is 31.7 Å². The SMILES string of the molecule is CCCCC(CNC)Cc1ccc(Br)cc1.